The molecule has 0 bridgehead atoms. The number of nitrogens with one attached hydrogen (secondary N) is 3. The lowest BCUT2D eigenvalue weighted by atomic mass is 10.2. The summed E-state index contributed by atoms with van der Waals surface area (Å²) >= 11 is 0. The summed E-state index contributed by atoms with van der Waals surface area (Å²) in [6, 6.07) is 14.6. The van der Waals surface area contributed by atoms with Crippen molar-refractivity contribution >= 4 is 35.8 Å². The van der Waals surface area contributed by atoms with E-state index in [1.165, 1.54) is 0 Å². The van der Waals surface area contributed by atoms with Gasteiger partial charge in [0.25, 0.3) is 5.91 Å². The van der Waals surface area contributed by atoms with Gasteiger partial charge in [0.1, 0.15) is 11.9 Å². The van der Waals surface area contributed by atoms with Crippen molar-refractivity contribution in [1.82, 2.24) is 16.0 Å². The number of guanidine groups is 1. The van der Waals surface area contributed by atoms with Gasteiger partial charge < -0.3 is 30.2 Å². The summed E-state index contributed by atoms with van der Waals surface area (Å²) in [4.78, 5) is 16.8. The number of methoxy groups -OCH3 is 2. The van der Waals surface area contributed by atoms with E-state index in [-0.39, 0.29) is 36.0 Å². The predicted octanol–water partition coefficient (Wildman–Crippen LogP) is 3.07. The molecule has 2 aromatic carbocycles. The van der Waals surface area contributed by atoms with Crippen LogP contribution in [-0.4, -0.2) is 58.4 Å². The number of benzene rings is 2. The molecule has 8 nitrogen and oxygen atoms in total. The summed E-state index contributed by atoms with van der Waals surface area (Å²) in [6.45, 7) is 6.12. The van der Waals surface area contributed by atoms with E-state index in [0.29, 0.717) is 48.4 Å². The maximum absolute atomic E-state index is 12.3. The lowest BCUT2D eigenvalue weighted by Gasteiger charge is -2.17. The van der Waals surface area contributed by atoms with Gasteiger partial charge in [-0.05, 0) is 44.2 Å². The van der Waals surface area contributed by atoms with E-state index < -0.39 is 0 Å². The van der Waals surface area contributed by atoms with E-state index in [1.54, 1.807) is 38.5 Å². The molecule has 0 aromatic heterocycles. The van der Waals surface area contributed by atoms with E-state index in [0.717, 1.165) is 6.54 Å². The first kappa shape index (κ1) is 27.3. The molecule has 0 saturated carbocycles. The molecular formula is C23H33IN4O4. The summed E-state index contributed by atoms with van der Waals surface area (Å²) in [5, 5.41) is 9.28. The Morgan fingerprint density at radius 2 is 1.69 bits per heavy atom. The molecule has 0 aliphatic carbocycles. The Labute approximate surface area is 207 Å². The van der Waals surface area contributed by atoms with Crippen molar-refractivity contribution in [2.24, 2.45) is 4.99 Å². The number of nitrogens with zero attached hydrogens (tertiary/aromatic N) is 1. The summed E-state index contributed by atoms with van der Waals surface area (Å²) in [5.41, 5.74) is 0.558. The highest BCUT2D eigenvalue weighted by molar-refractivity contribution is 14.0. The number of para-hydroxylation sites is 2. The zero-order valence-electron chi connectivity index (χ0n) is 19.0. The molecule has 9 heteroatoms. The summed E-state index contributed by atoms with van der Waals surface area (Å²) in [7, 11) is 3.19. The van der Waals surface area contributed by atoms with Crippen molar-refractivity contribution < 1.29 is 19.0 Å². The van der Waals surface area contributed by atoms with Crippen LogP contribution in [0.3, 0.4) is 0 Å². The highest BCUT2D eigenvalue weighted by atomic mass is 127. The van der Waals surface area contributed by atoms with Gasteiger partial charge >= 0.3 is 0 Å². The third-order valence-corrected chi connectivity index (χ3v) is 4.28. The second kappa shape index (κ2) is 15.2. The maximum Gasteiger partial charge on any atom is 0.251 e. The second-order valence-corrected chi connectivity index (χ2v) is 6.71. The standard InChI is InChI=1S/C23H32N4O4.HI/c1-5-24-23(27-16-17(2)31-21-12-7-6-11-20(21)30-4)26-14-13-25-22(28)18-9-8-10-19(15-18)29-3;/h6-12,15,17H,5,13-14,16H2,1-4H3,(H,25,28)(H2,24,26,27);1H. The fraction of sp³-hybridized carbons (Fsp3) is 0.391. The van der Waals surface area contributed by atoms with Gasteiger partial charge in [0.15, 0.2) is 17.5 Å². The van der Waals surface area contributed by atoms with E-state index in [2.05, 4.69) is 20.9 Å². The Morgan fingerprint density at radius 3 is 2.38 bits per heavy atom. The molecule has 1 atom stereocenters. The minimum Gasteiger partial charge on any atom is -0.497 e. The van der Waals surface area contributed by atoms with Gasteiger partial charge in [-0.3, -0.25) is 4.79 Å². The number of carbonyl (C=O) groups excluding carboxylic acids is 1. The van der Waals surface area contributed by atoms with Gasteiger partial charge in [0.2, 0.25) is 0 Å². The molecule has 1 unspecified atom stereocenters. The Kier molecular flexibility index (Phi) is 13.0. The monoisotopic (exact) mass is 556 g/mol. The van der Waals surface area contributed by atoms with Crippen LogP contribution in [0.15, 0.2) is 53.5 Å². The number of halogens is 1. The van der Waals surface area contributed by atoms with Gasteiger partial charge in [-0.15, -0.1) is 24.0 Å². The van der Waals surface area contributed by atoms with Crippen LogP contribution in [0.1, 0.15) is 24.2 Å². The molecule has 0 aliphatic heterocycles. The first-order valence-corrected chi connectivity index (χ1v) is 10.3. The van der Waals surface area contributed by atoms with Gasteiger partial charge in [0.05, 0.1) is 20.8 Å². The van der Waals surface area contributed by atoms with Crippen molar-refractivity contribution in [2.75, 3.05) is 40.4 Å². The highest BCUT2D eigenvalue weighted by Crippen LogP contribution is 2.26. The molecule has 0 aliphatic rings. The minimum absolute atomic E-state index is 0. The Bertz CT molecular complexity index is 863. The molecule has 0 heterocycles. The summed E-state index contributed by atoms with van der Waals surface area (Å²) in [6.07, 6.45) is -0.139. The lowest BCUT2D eigenvalue weighted by Crippen LogP contribution is -2.42. The number of amides is 1. The fourth-order valence-corrected chi connectivity index (χ4v) is 2.76. The average Bonchev–Trinajstić information content (AvgIpc) is 2.80. The normalized spacial score (nSPS) is 11.6. The molecule has 3 N–H and O–H groups in total. The molecule has 176 valence electrons. The van der Waals surface area contributed by atoms with E-state index >= 15 is 0 Å². The molecule has 0 fully saturated rings. The van der Waals surface area contributed by atoms with Crippen LogP contribution in [-0.2, 0) is 0 Å². The van der Waals surface area contributed by atoms with E-state index in [1.807, 2.05) is 38.1 Å². The number of rotatable bonds is 11. The summed E-state index contributed by atoms with van der Waals surface area (Å²) in [5.74, 6) is 2.54. The van der Waals surface area contributed by atoms with Crippen molar-refractivity contribution in [1.29, 1.82) is 0 Å². The SMILES string of the molecule is CCNC(=NCC(C)Oc1ccccc1OC)NCCNC(=O)c1cccc(OC)c1.I. The topological polar surface area (TPSA) is 93.2 Å². The number of hydrogen-bond acceptors (Lipinski definition) is 5. The van der Waals surface area contributed by atoms with Crippen LogP contribution < -0.4 is 30.2 Å². The largest absolute Gasteiger partial charge is 0.497 e. The Balaban J connectivity index is 0.00000512. The highest BCUT2D eigenvalue weighted by Gasteiger charge is 2.09. The number of carbonyl (C=O) groups is 1. The number of hydrogen-bond donors (Lipinski definition) is 3. The van der Waals surface area contributed by atoms with Gasteiger partial charge in [-0.1, -0.05) is 18.2 Å². The predicted molar refractivity (Wildman–Crippen MR) is 138 cm³/mol. The Morgan fingerprint density at radius 1 is 0.969 bits per heavy atom. The molecular weight excluding hydrogens is 523 g/mol. The van der Waals surface area contributed by atoms with Crippen LogP contribution >= 0.6 is 24.0 Å². The van der Waals surface area contributed by atoms with Crippen molar-refractivity contribution in [3.63, 3.8) is 0 Å². The van der Waals surface area contributed by atoms with Gasteiger partial charge in [0, 0.05) is 25.2 Å². The van der Waals surface area contributed by atoms with Crippen molar-refractivity contribution in [3.8, 4) is 17.2 Å². The quantitative estimate of drug-likeness (QED) is 0.171. The smallest absolute Gasteiger partial charge is 0.251 e. The zero-order chi connectivity index (χ0) is 22.5. The molecule has 32 heavy (non-hydrogen) atoms. The van der Waals surface area contributed by atoms with Crippen LogP contribution in [0.4, 0.5) is 0 Å². The van der Waals surface area contributed by atoms with Crippen molar-refractivity contribution in [2.45, 2.75) is 20.0 Å². The molecule has 0 spiro atoms. The first-order chi connectivity index (χ1) is 15.1. The maximum atomic E-state index is 12.3. The molecule has 0 radical (unpaired) electrons. The van der Waals surface area contributed by atoms with Crippen LogP contribution in [0.5, 0.6) is 17.2 Å². The van der Waals surface area contributed by atoms with Crippen LogP contribution in [0.25, 0.3) is 0 Å². The third kappa shape index (κ3) is 9.21. The molecule has 2 rings (SSSR count). The van der Waals surface area contributed by atoms with E-state index in [4.69, 9.17) is 14.2 Å². The molecule has 2 aromatic rings. The van der Waals surface area contributed by atoms with Crippen LogP contribution in [0, 0.1) is 0 Å². The average molecular weight is 556 g/mol. The lowest BCUT2D eigenvalue weighted by molar-refractivity contribution is 0.0954. The molecule has 1 amide bonds. The van der Waals surface area contributed by atoms with E-state index in [9.17, 15) is 4.79 Å². The Hall–Kier alpha value is -2.69. The zero-order valence-corrected chi connectivity index (χ0v) is 21.3. The number of ether oxygens (including phenoxy) is 3. The number of aliphatic imine (C=N–C) groups is 1. The minimum atomic E-state index is -0.151. The second-order valence-electron chi connectivity index (χ2n) is 6.71. The van der Waals surface area contributed by atoms with Gasteiger partial charge in [-0.2, -0.15) is 0 Å². The van der Waals surface area contributed by atoms with Gasteiger partial charge in [-0.25, -0.2) is 4.99 Å². The first-order valence-electron chi connectivity index (χ1n) is 10.3. The van der Waals surface area contributed by atoms with Crippen LogP contribution in [0.2, 0.25) is 0 Å². The third-order valence-electron chi connectivity index (χ3n) is 4.28. The fourth-order valence-electron chi connectivity index (χ4n) is 2.76. The molecule has 0 saturated heterocycles. The van der Waals surface area contributed by atoms with Crippen molar-refractivity contribution in [3.05, 3.63) is 54.1 Å². The summed E-state index contributed by atoms with van der Waals surface area (Å²) < 4.78 is 16.4.